The molecule has 0 spiro atoms. The van der Waals surface area contributed by atoms with Crippen molar-refractivity contribution in [2.24, 2.45) is 0 Å². The second kappa shape index (κ2) is 5.55. The van der Waals surface area contributed by atoms with E-state index in [9.17, 15) is 14.0 Å². The molecule has 0 fully saturated rings. The van der Waals surface area contributed by atoms with Crippen molar-refractivity contribution >= 4 is 23.3 Å². The molecule has 1 aliphatic heterocycles. The molecule has 112 valence electrons. The standard InChI is InChI=1S/C16H14FN3O2/c1-11(21)19-10-15(22)20(14-3-2-8-18-16(14)19)9-12-4-6-13(17)7-5-12/h2-8H,9-10H2,1H3. The number of rotatable bonds is 2. The van der Waals surface area contributed by atoms with Crippen molar-refractivity contribution in [2.75, 3.05) is 16.3 Å². The average molecular weight is 299 g/mol. The van der Waals surface area contributed by atoms with Crippen LogP contribution in [0.1, 0.15) is 12.5 Å². The summed E-state index contributed by atoms with van der Waals surface area (Å²) in [5.41, 5.74) is 1.39. The Morgan fingerprint density at radius 2 is 2.00 bits per heavy atom. The number of carbonyl (C=O) groups excluding carboxylic acids is 2. The molecule has 1 aromatic carbocycles. The molecule has 1 aliphatic rings. The highest BCUT2D eigenvalue weighted by molar-refractivity contribution is 6.09. The largest absolute Gasteiger partial charge is 0.303 e. The fraction of sp³-hybridized carbons (Fsp3) is 0.188. The number of anilines is 2. The van der Waals surface area contributed by atoms with Crippen LogP contribution < -0.4 is 9.80 Å². The molecule has 2 amide bonds. The lowest BCUT2D eigenvalue weighted by molar-refractivity contribution is -0.122. The quantitative estimate of drug-likeness (QED) is 0.853. The summed E-state index contributed by atoms with van der Waals surface area (Å²) in [7, 11) is 0. The van der Waals surface area contributed by atoms with Gasteiger partial charge in [-0.3, -0.25) is 14.5 Å². The Kier molecular flexibility index (Phi) is 3.58. The molecule has 6 heteroatoms. The normalized spacial score (nSPS) is 14.0. The third kappa shape index (κ3) is 2.55. The number of halogens is 1. The van der Waals surface area contributed by atoms with Gasteiger partial charge in [-0.05, 0) is 29.8 Å². The Morgan fingerprint density at radius 1 is 1.27 bits per heavy atom. The van der Waals surface area contributed by atoms with Crippen LogP contribution >= 0.6 is 0 Å². The number of benzene rings is 1. The van der Waals surface area contributed by atoms with Crippen molar-refractivity contribution in [1.82, 2.24) is 4.98 Å². The van der Waals surface area contributed by atoms with Crippen LogP contribution in [0.5, 0.6) is 0 Å². The SMILES string of the molecule is CC(=O)N1CC(=O)N(Cc2ccc(F)cc2)c2cccnc21. The van der Waals surface area contributed by atoms with E-state index < -0.39 is 0 Å². The van der Waals surface area contributed by atoms with E-state index in [1.165, 1.54) is 24.0 Å². The second-order valence-electron chi connectivity index (χ2n) is 5.06. The molecule has 0 aliphatic carbocycles. The molecule has 0 unspecified atom stereocenters. The van der Waals surface area contributed by atoms with Crippen LogP contribution in [0.4, 0.5) is 15.9 Å². The highest BCUT2D eigenvalue weighted by Gasteiger charge is 2.32. The summed E-state index contributed by atoms with van der Waals surface area (Å²) in [6.07, 6.45) is 1.58. The van der Waals surface area contributed by atoms with Gasteiger partial charge in [0.1, 0.15) is 12.4 Å². The van der Waals surface area contributed by atoms with Crippen LogP contribution in [0.2, 0.25) is 0 Å². The van der Waals surface area contributed by atoms with Gasteiger partial charge in [0.05, 0.1) is 12.2 Å². The van der Waals surface area contributed by atoms with Crippen molar-refractivity contribution in [3.05, 3.63) is 54.0 Å². The molecular formula is C16H14FN3O2. The summed E-state index contributed by atoms with van der Waals surface area (Å²) >= 11 is 0. The number of hydrogen-bond donors (Lipinski definition) is 0. The molecule has 0 N–H and O–H groups in total. The van der Waals surface area contributed by atoms with E-state index in [-0.39, 0.29) is 24.2 Å². The van der Waals surface area contributed by atoms with Gasteiger partial charge in [0, 0.05) is 13.1 Å². The maximum absolute atomic E-state index is 13.0. The van der Waals surface area contributed by atoms with E-state index in [1.807, 2.05) is 0 Å². The fourth-order valence-electron chi connectivity index (χ4n) is 2.44. The van der Waals surface area contributed by atoms with Crippen LogP contribution in [0.15, 0.2) is 42.6 Å². The van der Waals surface area contributed by atoms with Crippen molar-refractivity contribution in [2.45, 2.75) is 13.5 Å². The monoisotopic (exact) mass is 299 g/mol. The lowest BCUT2D eigenvalue weighted by Crippen LogP contribution is -2.47. The van der Waals surface area contributed by atoms with Gasteiger partial charge in [-0.1, -0.05) is 12.1 Å². The summed E-state index contributed by atoms with van der Waals surface area (Å²) in [5.74, 6) is -0.273. The number of fused-ring (bicyclic) bond motifs is 1. The van der Waals surface area contributed by atoms with E-state index in [0.717, 1.165) is 5.56 Å². The third-order valence-corrected chi connectivity index (χ3v) is 3.54. The van der Waals surface area contributed by atoms with Gasteiger partial charge in [0.2, 0.25) is 11.8 Å². The fourth-order valence-corrected chi connectivity index (χ4v) is 2.44. The van der Waals surface area contributed by atoms with Crippen LogP contribution in [-0.2, 0) is 16.1 Å². The minimum absolute atomic E-state index is 0.0411. The topological polar surface area (TPSA) is 53.5 Å². The Morgan fingerprint density at radius 3 is 2.68 bits per heavy atom. The maximum Gasteiger partial charge on any atom is 0.247 e. The molecule has 2 aromatic rings. The van der Waals surface area contributed by atoms with Crippen molar-refractivity contribution in [3.63, 3.8) is 0 Å². The molecular weight excluding hydrogens is 285 g/mol. The van der Waals surface area contributed by atoms with Crippen LogP contribution in [-0.4, -0.2) is 23.3 Å². The van der Waals surface area contributed by atoms with E-state index in [0.29, 0.717) is 18.1 Å². The predicted octanol–water partition coefficient (Wildman–Crippen LogP) is 2.12. The second-order valence-corrected chi connectivity index (χ2v) is 5.06. The zero-order valence-electron chi connectivity index (χ0n) is 12.0. The highest BCUT2D eigenvalue weighted by atomic mass is 19.1. The predicted molar refractivity (Wildman–Crippen MR) is 79.9 cm³/mol. The van der Waals surface area contributed by atoms with E-state index in [1.54, 1.807) is 35.4 Å². The first-order valence-electron chi connectivity index (χ1n) is 6.84. The van der Waals surface area contributed by atoms with Crippen LogP contribution in [0.3, 0.4) is 0 Å². The number of amides is 2. The average Bonchev–Trinajstić information content (AvgIpc) is 2.51. The number of aromatic nitrogens is 1. The van der Waals surface area contributed by atoms with E-state index in [2.05, 4.69) is 4.98 Å². The highest BCUT2D eigenvalue weighted by Crippen LogP contribution is 2.32. The summed E-state index contributed by atoms with van der Waals surface area (Å²) in [4.78, 5) is 31.2. The minimum Gasteiger partial charge on any atom is -0.303 e. The Labute approximate surface area is 127 Å². The molecule has 0 radical (unpaired) electrons. The summed E-state index contributed by atoms with van der Waals surface area (Å²) in [6.45, 7) is 1.67. The number of hydrogen-bond acceptors (Lipinski definition) is 3. The smallest absolute Gasteiger partial charge is 0.247 e. The molecule has 2 heterocycles. The van der Waals surface area contributed by atoms with Crippen molar-refractivity contribution < 1.29 is 14.0 Å². The van der Waals surface area contributed by atoms with Crippen molar-refractivity contribution in [1.29, 1.82) is 0 Å². The molecule has 5 nitrogen and oxygen atoms in total. The molecule has 0 atom stereocenters. The number of pyridine rings is 1. The Hall–Kier alpha value is -2.76. The summed E-state index contributed by atoms with van der Waals surface area (Å²) < 4.78 is 13.0. The van der Waals surface area contributed by atoms with E-state index in [4.69, 9.17) is 0 Å². The third-order valence-electron chi connectivity index (χ3n) is 3.54. The zero-order valence-corrected chi connectivity index (χ0v) is 12.0. The van der Waals surface area contributed by atoms with Gasteiger partial charge in [0.15, 0.2) is 5.82 Å². The van der Waals surface area contributed by atoms with E-state index >= 15 is 0 Å². The first-order valence-corrected chi connectivity index (χ1v) is 6.84. The minimum atomic E-state index is -0.321. The molecule has 0 saturated carbocycles. The molecule has 22 heavy (non-hydrogen) atoms. The Balaban J connectivity index is 1.97. The first-order chi connectivity index (χ1) is 10.6. The molecule has 0 saturated heterocycles. The van der Waals surface area contributed by atoms with Crippen LogP contribution in [0, 0.1) is 5.82 Å². The lowest BCUT2D eigenvalue weighted by Gasteiger charge is -2.34. The van der Waals surface area contributed by atoms with Gasteiger partial charge >= 0.3 is 0 Å². The molecule has 0 bridgehead atoms. The zero-order chi connectivity index (χ0) is 15.7. The molecule has 3 rings (SSSR count). The maximum atomic E-state index is 13.0. The van der Waals surface area contributed by atoms with Gasteiger partial charge in [-0.2, -0.15) is 0 Å². The number of nitrogens with zero attached hydrogens (tertiary/aromatic N) is 3. The van der Waals surface area contributed by atoms with Crippen LogP contribution in [0.25, 0.3) is 0 Å². The van der Waals surface area contributed by atoms with Gasteiger partial charge in [-0.25, -0.2) is 9.37 Å². The summed E-state index contributed by atoms with van der Waals surface area (Å²) in [5, 5.41) is 0. The number of carbonyl (C=O) groups is 2. The first kappa shape index (κ1) is 14.2. The van der Waals surface area contributed by atoms with Gasteiger partial charge in [0.25, 0.3) is 0 Å². The van der Waals surface area contributed by atoms with Gasteiger partial charge < -0.3 is 4.90 Å². The molecule has 1 aromatic heterocycles. The van der Waals surface area contributed by atoms with Gasteiger partial charge in [-0.15, -0.1) is 0 Å². The Bertz CT molecular complexity index is 730. The van der Waals surface area contributed by atoms with Crippen molar-refractivity contribution in [3.8, 4) is 0 Å². The summed E-state index contributed by atoms with van der Waals surface area (Å²) in [6, 6.07) is 9.45. The lowest BCUT2D eigenvalue weighted by atomic mass is 10.1.